The minimum atomic E-state index is -0.542. The summed E-state index contributed by atoms with van der Waals surface area (Å²) in [5.74, 6) is -0.645. The van der Waals surface area contributed by atoms with Gasteiger partial charge in [-0.05, 0) is 37.1 Å². The molecule has 128 valence electrons. The van der Waals surface area contributed by atoms with Crippen LogP contribution >= 0.6 is 0 Å². The molecule has 0 aliphatic carbocycles. The number of nitrogens with zero attached hydrogens (tertiary/aromatic N) is 1. The Morgan fingerprint density at radius 1 is 1.25 bits per heavy atom. The molecule has 0 saturated heterocycles. The zero-order valence-corrected chi connectivity index (χ0v) is 14.0. The highest BCUT2D eigenvalue weighted by Crippen LogP contribution is 2.31. The molecule has 2 rings (SSSR count). The van der Waals surface area contributed by atoms with Crippen LogP contribution in [0, 0.1) is 0 Å². The van der Waals surface area contributed by atoms with E-state index in [0.29, 0.717) is 36.4 Å². The molecule has 0 saturated carbocycles. The molecule has 6 nitrogen and oxygen atoms in total. The number of hydrogen-bond acceptors (Lipinski definition) is 5. The zero-order valence-electron chi connectivity index (χ0n) is 14.0. The van der Waals surface area contributed by atoms with E-state index in [4.69, 9.17) is 9.47 Å². The van der Waals surface area contributed by atoms with Gasteiger partial charge in [-0.2, -0.15) is 0 Å². The van der Waals surface area contributed by atoms with Gasteiger partial charge in [0.25, 0.3) is 5.91 Å². The van der Waals surface area contributed by atoms with E-state index < -0.39 is 5.97 Å². The number of phenolic OH excluding ortho intramolecular Hbond substituents is 1. The molecule has 1 aromatic rings. The lowest BCUT2D eigenvalue weighted by molar-refractivity contribution is -0.136. The summed E-state index contributed by atoms with van der Waals surface area (Å²) in [7, 11) is 2.89. The number of aromatic hydroxyl groups is 1. The number of carbonyl (C=O) groups is 2. The van der Waals surface area contributed by atoms with Gasteiger partial charge >= 0.3 is 5.97 Å². The number of carbonyl (C=O) groups excluding carboxylic acids is 2. The lowest BCUT2D eigenvalue weighted by Crippen LogP contribution is -2.26. The van der Waals surface area contributed by atoms with Crippen molar-refractivity contribution in [2.45, 2.75) is 13.3 Å². The lowest BCUT2D eigenvalue weighted by atomic mass is 10.0. The molecule has 6 heteroatoms. The van der Waals surface area contributed by atoms with Crippen molar-refractivity contribution >= 4 is 18.0 Å². The molecule has 0 radical (unpaired) electrons. The van der Waals surface area contributed by atoms with E-state index in [2.05, 4.69) is 0 Å². The summed E-state index contributed by atoms with van der Waals surface area (Å²) in [5.41, 5.74) is 1.85. The van der Waals surface area contributed by atoms with E-state index in [9.17, 15) is 14.7 Å². The molecular weight excluding hydrogens is 310 g/mol. The molecule has 0 bridgehead atoms. The molecule has 1 amide bonds. The van der Waals surface area contributed by atoms with Crippen molar-refractivity contribution < 1.29 is 24.2 Å². The SMILES string of the molecule is COCCCN1C(=O)C(=Cc2ccc(O)cc2)C(C(=O)OC)=C1C. The highest BCUT2D eigenvalue weighted by atomic mass is 16.5. The highest BCUT2D eigenvalue weighted by molar-refractivity contribution is 6.16. The second-order valence-electron chi connectivity index (χ2n) is 5.40. The highest BCUT2D eigenvalue weighted by Gasteiger charge is 2.36. The van der Waals surface area contributed by atoms with Crippen LogP contribution in [0.15, 0.2) is 41.1 Å². The van der Waals surface area contributed by atoms with Gasteiger partial charge in [0.05, 0.1) is 18.3 Å². The Hall–Kier alpha value is -2.60. The third-order valence-electron chi connectivity index (χ3n) is 3.84. The van der Waals surface area contributed by atoms with Crippen molar-refractivity contribution in [2.75, 3.05) is 27.4 Å². The summed E-state index contributed by atoms with van der Waals surface area (Å²) in [5, 5.41) is 9.36. The van der Waals surface area contributed by atoms with Crippen molar-refractivity contribution in [1.82, 2.24) is 4.90 Å². The Morgan fingerprint density at radius 3 is 2.50 bits per heavy atom. The van der Waals surface area contributed by atoms with E-state index in [1.54, 1.807) is 37.1 Å². The van der Waals surface area contributed by atoms with E-state index in [1.165, 1.54) is 19.2 Å². The maximum atomic E-state index is 12.7. The summed E-state index contributed by atoms with van der Waals surface area (Å²) in [4.78, 5) is 26.4. The smallest absolute Gasteiger partial charge is 0.340 e. The fraction of sp³-hybridized carbons (Fsp3) is 0.333. The molecule has 1 N–H and O–H groups in total. The first-order chi connectivity index (χ1) is 11.5. The van der Waals surface area contributed by atoms with Gasteiger partial charge in [-0.1, -0.05) is 12.1 Å². The monoisotopic (exact) mass is 331 g/mol. The van der Waals surface area contributed by atoms with Crippen LogP contribution in [0.3, 0.4) is 0 Å². The number of allylic oxidation sites excluding steroid dienone is 1. The lowest BCUT2D eigenvalue weighted by Gasteiger charge is -2.17. The Morgan fingerprint density at radius 2 is 1.92 bits per heavy atom. The van der Waals surface area contributed by atoms with Gasteiger partial charge in [0.2, 0.25) is 0 Å². The molecule has 1 aliphatic heterocycles. The Balaban J connectivity index is 2.39. The fourth-order valence-electron chi connectivity index (χ4n) is 2.60. The van der Waals surface area contributed by atoms with E-state index >= 15 is 0 Å². The number of esters is 1. The molecule has 24 heavy (non-hydrogen) atoms. The number of hydrogen-bond donors (Lipinski definition) is 1. The van der Waals surface area contributed by atoms with Crippen LogP contribution in [0.5, 0.6) is 5.75 Å². The maximum Gasteiger partial charge on any atom is 0.340 e. The largest absolute Gasteiger partial charge is 0.508 e. The first kappa shape index (κ1) is 17.7. The summed E-state index contributed by atoms with van der Waals surface area (Å²) >= 11 is 0. The molecule has 1 heterocycles. The molecule has 0 spiro atoms. The number of benzene rings is 1. The van der Waals surface area contributed by atoms with Crippen LogP contribution in [-0.2, 0) is 19.1 Å². The minimum Gasteiger partial charge on any atom is -0.508 e. The zero-order chi connectivity index (χ0) is 17.7. The third-order valence-corrected chi connectivity index (χ3v) is 3.84. The van der Waals surface area contributed by atoms with E-state index in [1.807, 2.05) is 0 Å². The predicted molar refractivity (Wildman–Crippen MR) is 89.0 cm³/mol. The second-order valence-corrected chi connectivity index (χ2v) is 5.40. The Labute approximate surface area is 141 Å². The van der Waals surface area contributed by atoms with Crippen LogP contribution < -0.4 is 0 Å². The average molecular weight is 331 g/mol. The first-order valence-corrected chi connectivity index (χ1v) is 7.60. The number of methoxy groups -OCH3 is 2. The molecule has 0 aromatic heterocycles. The second kappa shape index (κ2) is 7.79. The van der Waals surface area contributed by atoms with Crippen LogP contribution in [0.1, 0.15) is 18.9 Å². The number of phenols is 1. The predicted octanol–water partition coefficient (Wildman–Crippen LogP) is 2.10. The van der Waals surface area contributed by atoms with Crippen LogP contribution in [0.2, 0.25) is 0 Å². The fourth-order valence-corrected chi connectivity index (χ4v) is 2.60. The van der Waals surface area contributed by atoms with Gasteiger partial charge in [0, 0.05) is 26.0 Å². The van der Waals surface area contributed by atoms with E-state index in [-0.39, 0.29) is 17.2 Å². The summed E-state index contributed by atoms with van der Waals surface area (Å²) in [6.45, 7) is 2.72. The maximum absolute atomic E-state index is 12.7. The van der Waals surface area contributed by atoms with Crippen molar-refractivity contribution in [3.63, 3.8) is 0 Å². The van der Waals surface area contributed by atoms with Gasteiger partial charge in [-0.15, -0.1) is 0 Å². The van der Waals surface area contributed by atoms with Gasteiger partial charge < -0.3 is 19.5 Å². The Kier molecular flexibility index (Phi) is 5.76. The molecule has 0 unspecified atom stereocenters. The minimum absolute atomic E-state index is 0.135. The molecule has 1 aromatic carbocycles. The molecule has 1 aliphatic rings. The Bertz CT molecular complexity index is 688. The van der Waals surface area contributed by atoms with Crippen LogP contribution in [0.4, 0.5) is 0 Å². The standard InChI is InChI=1S/C18H21NO5/c1-12-16(18(22)24-3)15(11-13-5-7-14(20)8-6-13)17(21)19(12)9-4-10-23-2/h5-8,11,20H,4,9-10H2,1-3H3. The molecule has 0 fully saturated rings. The summed E-state index contributed by atoms with van der Waals surface area (Å²) in [6.07, 6.45) is 2.30. The van der Waals surface area contributed by atoms with Crippen LogP contribution in [-0.4, -0.2) is 49.3 Å². The van der Waals surface area contributed by atoms with Crippen molar-refractivity contribution in [3.05, 3.63) is 46.7 Å². The summed E-state index contributed by atoms with van der Waals surface area (Å²) < 4.78 is 9.85. The first-order valence-electron chi connectivity index (χ1n) is 7.60. The summed E-state index contributed by atoms with van der Waals surface area (Å²) in [6, 6.07) is 6.40. The number of ether oxygens (including phenoxy) is 2. The van der Waals surface area contributed by atoms with Crippen molar-refractivity contribution in [3.8, 4) is 5.75 Å². The van der Waals surface area contributed by atoms with Gasteiger partial charge in [0.15, 0.2) is 0 Å². The van der Waals surface area contributed by atoms with Gasteiger partial charge in [-0.25, -0.2) is 4.79 Å². The van der Waals surface area contributed by atoms with Crippen LogP contribution in [0.25, 0.3) is 6.08 Å². The van der Waals surface area contributed by atoms with Gasteiger partial charge in [0.1, 0.15) is 5.75 Å². The quantitative estimate of drug-likeness (QED) is 0.491. The van der Waals surface area contributed by atoms with Crippen molar-refractivity contribution in [1.29, 1.82) is 0 Å². The average Bonchev–Trinajstić information content (AvgIpc) is 2.80. The normalized spacial score (nSPS) is 16.2. The third kappa shape index (κ3) is 3.65. The van der Waals surface area contributed by atoms with Gasteiger partial charge in [-0.3, -0.25) is 4.79 Å². The topological polar surface area (TPSA) is 76.1 Å². The number of rotatable bonds is 6. The van der Waals surface area contributed by atoms with Crippen molar-refractivity contribution in [2.24, 2.45) is 0 Å². The number of amides is 1. The molecular formula is C18H21NO5. The van der Waals surface area contributed by atoms with E-state index in [0.717, 1.165) is 0 Å². The molecule has 0 atom stereocenters.